The molecule has 0 saturated carbocycles. The van der Waals surface area contributed by atoms with E-state index >= 15 is 0 Å². The van der Waals surface area contributed by atoms with E-state index in [2.05, 4.69) is 35.4 Å². The van der Waals surface area contributed by atoms with E-state index in [0.29, 0.717) is 18.4 Å². The van der Waals surface area contributed by atoms with E-state index in [-0.39, 0.29) is 0 Å². The number of ether oxygens (including phenoxy) is 1. The lowest BCUT2D eigenvalue weighted by Gasteiger charge is -2.08. The zero-order valence-corrected chi connectivity index (χ0v) is 12.6. The van der Waals surface area contributed by atoms with Crippen molar-refractivity contribution in [3.63, 3.8) is 0 Å². The molecular formula is C15H22N4O. The van der Waals surface area contributed by atoms with E-state index in [0.717, 1.165) is 17.9 Å². The van der Waals surface area contributed by atoms with Crippen molar-refractivity contribution < 1.29 is 4.74 Å². The zero-order valence-electron chi connectivity index (χ0n) is 12.6. The molecule has 0 radical (unpaired) electrons. The topological polar surface area (TPSA) is 52.0 Å². The maximum atomic E-state index is 5.33. The van der Waals surface area contributed by atoms with Crippen LogP contribution >= 0.6 is 0 Å². The van der Waals surface area contributed by atoms with Crippen LogP contribution in [-0.4, -0.2) is 21.4 Å². The number of aryl methyl sites for hydroxylation is 1. The molecule has 0 amide bonds. The molecule has 0 bridgehead atoms. The number of hydrogen-bond acceptors (Lipinski definition) is 4. The largest absolute Gasteiger partial charge is 0.478 e. The Bertz CT molecular complexity index is 546. The van der Waals surface area contributed by atoms with Crippen molar-refractivity contribution in [2.45, 2.75) is 33.2 Å². The summed E-state index contributed by atoms with van der Waals surface area (Å²) < 4.78 is 7.19. The van der Waals surface area contributed by atoms with Gasteiger partial charge in [-0.05, 0) is 18.9 Å². The molecule has 0 aromatic carbocycles. The minimum Gasteiger partial charge on any atom is -0.478 e. The van der Waals surface area contributed by atoms with Crippen molar-refractivity contribution in [2.24, 2.45) is 7.05 Å². The average Bonchev–Trinajstić information content (AvgIpc) is 2.80. The van der Waals surface area contributed by atoms with Crippen molar-refractivity contribution in [3.8, 4) is 5.88 Å². The number of pyridine rings is 1. The third-order valence-corrected chi connectivity index (χ3v) is 3.00. The van der Waals surface area contributed by atoms with Gasteiger partial charge < -0.3 is 10.1 Å². The van der Waals surface area contributed by atoms with Gasteiger partial charge in [0, 0.05) is 31.4 Å². The summed E-state index contributed by atoms with van der Waals surface area (Å²) in [7, 11) is 1.95. The fourth-order valence-electron chi connectivity index (χ4n) is 2.09. The molecule has 2 heterocycles. The highest BCUT2D eigenvalue weighted by atomic mass is 16.5. The molecular weight excluding hydrogens is 252 g/mol. The van der Waals surface area contributed by atoms with E-state index in [1.807, 2.05) is 30.8 Å². The molecule has 2 aromatic rings. The molecule has 0 aliphatic carbocycles. The Morgan fingerprint density at radius 1 is 1.35 bits per heavy atom. The first-order valence-corrected chi connectivity index (χ1v) is 6.95. The highest BCUT2D eigenvalue weighted by Gasteiger charge is 2.11. The molecule has 2 aromatic heterocycles. The Labute approximate surface area is 120 Å². The molecule has 0 saturated heterocycles. The summed E-state index contributed by atoms with van der Waals surface area (Å²) in [6, 6.07) is 3.85. The summed E-state index contributed by atoms with van der Waals surface area (Å²) in [4.78, 5) is 4.24. The van der Waals surface area contributed by atoms with Gasteiger partial charge in [-0.1, -0.05) is 13.8 Å². The molecule has 0 aliphatic heterocycles. The number of anilines is 1. The van der Waals surface area contributed by atoms with Gasteiger partial charge in [-0.3, -0.25) is 4.68 Å². The highest BCUT2D eigenvalue weighted by Crippen LogP contribution is 2.19. The number of rotatable bonds is 6. The summed E-state index contributed by atoms with van der Waals surface area (Å²) >= 11 is 0. The molecule has 0 fully saturated rings. The summed E-state index contributed by atoms with van der Waals surface area (Å²) in [5.41, 5.74) is 3.34. The molecule has 108 valence electrons. The number of nitrogens with one attached hydrogen (secondary N) is 1. The first-order valence-electron chi connectivity index (χ1n) is 6.95. The molecule has 5 nitrogen and oxygen atoms in total. The second kappa shape index (κ2) is 6.41. The molecule has 1 N–H and O–H groups in total. The highest BCUT2D eigenvalue weighted by molar-refractivity contribution is 5.43. The van der Waals surface area contributed by atoms with E-state index < -0.39 is 0 Å². The standard InChI is InChI=1S/C15H22N4O/c1-5-20-14-7-6-13(9-17-14)16-8-12-10-19(4)18-15(12)11(2)3/h6-7,9-11,16H,5,8H2,1-4H3. The predicted octanol–water partition coefficient (Wildman–Crippen LogP) is 2.95. The number of nitrogens with zero attached hydrogens (tertiary/aromatic N) is 3. The van der Waals surface area contributed by atoms with Gasteiger partial charge in [0.25, 0.3) is 0 Å². The smallest absolute Gasteiger partial charge is 0.213 e. The van der Waals surface area contributed by atoms with Crippen molar-refractivity contribution in [1.29, 1.82) is 0 Å². The second-order valence-corrected chi connectivity index (χ2v) is 5.04. The van der Waals surface area contributed by atoms with Crippen molar-refractivity contribution in [3.05, 3.63) is 35.8 Å². The van der Waals surface area contributed by atoms with Crippen LogP contribution in [0.15, 0.2) is 24.5 Å². The van der Waals surface area contributed by atoms with E-state index in [1.165, 1.54) is 5.56 Å². The maximum absolute atomic E-state index is 5.33. The monoisotopic (exact) mass is 274 g/mol. The van der Waals surface area contributed by atoms with Gasteiger partial charge >= 0.3 is 0 Å². The van der Waals surface area contributed by atoms with Gasteiger partial charge in [0.15, 0.2) is 0 Å². The van der Waals surface area contributed by atoms with Crippen LogP contribution in [0.1, 0.15) is 37.9 Å². The number of hydrogen-bond donors (Lipinski definition) is 1. The molecule has 0 unspecified atom stereocenters. The van der Waals surface area contributed by atoms with Gasteiger partial charge in [-0.15, -0.1) is 0 Å². The fraction of sp³-hybridized carbons (Fsp3) is 0.467. The fourth-order valence-corrected chi connectivity index (χ4v) is 2.09. The second-order valence-electron chi connectivity index (χ2n) is 5.04. The predicted molar refractivity (Wildman–Crippen MR) is 80.0 cm³/mol. The first-order chi connectivity index (χ1) is 9.60. The first kappa shape index (κ1) is 14.4. The van der Waals surface area contributed by atoms with Crippen LogP contribution in [0.4, 0.5) is 5.69 Å². The van der Waals surface area contributed by atoms with Crippen LogP contribution in [0.5, 0.6) is 5.88 Å². The zero-order chi connectivity index (χ0) is 14.5. The van der Waals surface area contributed by atoms with E-state index in [1.54, 1.807) is 6.20 Å². The lowest BCUT2D eigenvalue weighted by atomic mass is 10.1. The Hall–Kier alpha value is -2.04. The summed E-state index contributed by atoms with van der Waals surface area (Å²) in [5.74, 6) is 1.08. The van der Waals surface area contributed by atoms with Crippen LogP contribution in [0.3, 0.4) is 0 Å². The molecule has 0 aliphatic rings. The minimum atomic E-state index is 0.423. The molecule has 5 heteroatoms. The van der Waals surface area contributed by atoms with E-state index in [9.17, 15) is 0 Å². The Morgan fingerprint density at radius 3 is 2.75 bits per heavy atom. The van der Waals surface area contributed by atoms with Crippen LogP contribution in [0.2, 0.25) is 0 Å². The van der Waals surface area contributed by atoms with Gasteiger partial charge in [0.05, 0.1) is 24.2 Å². The third kappa shape index (κ3) is 3.50. The van der Waals surface area contributed by atoms with Crippen LogP contribution < -0.4 is 10.1 Å². The average molecular weight is 274 g/mol. The normalized spacial score (nSPS) is 10.8. The maximum Gasteiger partial charge on any atom is 0.213 e. The lowest BCUT2D eigenvalue weighted by Crippen LogP contribution is -2.03. The summed E-state index contributed by atoms with van der Waals surface area (Å²) in [6.45, 7) is 7.64. The Kier molecular flexibility index (Phi) is 4.61. The van der Waals surface area contributed by atoms with Crippen molar-refractivity contribution in [2.75, 3.05) is 11.9 Å². The van der Waals surface area contributed by atoms with Gasteiger partial charge in [0.2, 0.25) is 5.88 Å². The Balaban J connectivity index is 2.01. The van der Waals surface area contributed by atoms with Crippen LogP contribution in [0, 0.1) is 0 Å². The van der Waals surface area contributed by atoms with E-state index in [4.69, 9.17) is 4.74 Å². The number of aromatic nitrogens is 3. The van der Waals surface area contributed by atoms with Gasteiger partial charge in [-0.2, -0.15) is 5.10 Å². The SMILES string of the molecule is CCOc1ccc(NCc2cn(C)nc2C(C)C)cn1. The lowest BCUT2D eigenvalue weighted by molar-refractivity contribution is 0.327. The third-order valence-electron chi connectivity index (χ3n) is 3.00. The molecule has 0 atom stereocenters. The van der Waals surface area contributed by atoms with Crippen LogP contribution in [0.25, 0.3) is 0 Å². The molecule has 2 rings (SSSR count). The Morgan fingerprint density at radius 2 is 2.15 bits per heavy atom. The summed E-state index contributed by atoms with van der Waals surface area (Å²) in [6.07, 6.45) is 3.85. The quantitative estimate of drug-likeness (QED) is 0.880. The van der Waals surface area contributed by atoms with Crippen molar-refractivity contribution >= 4 is 5.69 Å². The molecule has 0 spiro atoms. The summed E-state index contributed by atoms with van der Waals surface area (Å²) in [5, 5.41) is 7.87. The minimum absolute atomic E-state index is 0.423. The van der Waals surface area contributed by atoms with Crippen molar-refractivity contribution in [1.82, 2.24) is 14.8 Å². The van der Waals surface area contributed by atoms with Gasteiger partial charge in [0.1, 0.15) is 0 Å². The molecule has 20 heavy (non-hydrogen) atoms. The van der Waals surface area contributed by atoms with Crippen LogP contribution in [-0.2, 0) is 13.6 Å². The van der Waals surface area contributed by atoms with Gasteiger partial charge in [-0.25, -0.2) is 4.98 Å².